The molecule has 1 fully saturated rings. The highest BCUT2D eigenvalue weighted by atomic mass is 35.5. The van der Waals surface area contributed by atoms with Gasteiger partial charge in [-0.05, 0) is 79.1 Å². The predicted octanol–water partition coefficient (Wildman–Crippen LogP) is 5.98. The van der Waals surface area contributed by atoms with Gasteiger partial charge in [0, 0.05) is 68.9 Å². The van der Waals surface area contributed by atoms with Crippen LogP contribution in [0.15, 0.2) is 60.9 Å². The highest BCUT2D eigenvalue weighted by molar-refractivity contribution is 6.33. The van der Waals surface area contributed by atoms with Crippen LogP contribution in [0.2, 0.25) is 5.02 Å². The van der Waals surface area contributed by atoms with Crippen LogP contribution in [-0.4, -0.2) is 88.8 Å². The first kappa shape index (κ1) is 39.0. The van der Waals surface area contributed by atoms with E-state index in [9.17, 15) is 20.6 Å². The number of aliphatic hydroxyl groups is 3. The molecular weight excluding hydrogens is 680 g/mol. The van der Waals surface area contributed by atoms with E-state index in [-0.39, 0.29) is 32.5 Å². The SMILES string of the molecule is Cc1c(COc2cc(OCc3cncc(C#N)c3)c(CN(CCO)CCO)c(C)c2Cl)cccc1-c1cccc(OCCCN2CCC(O)C2)c1C. The van der Waals surface area contributed by atoms with Crippen molar-refractivity contribution in [2.45, 2.75) is 59.5 Å². The molecule has 10 nitrogen and oxygen atoms in total. The van der Waals surface area contributed by atoms with Gasteiger partial charge in [-0.1, -0.05) is 41.9 Å². The number of likely N-dealkylation sites (tertiary alicyclic amines) is 1. The van der Waals surface area contributed by atoms with Gasteiger partial charge in [-0.25, -0.2) is 0 Å². The maximum absolute atomic E-state index is 9.80. The number of β-amino-alcohol motifs (C(OH)–C–C–N with tert-alkyl or cyclic N) is 1. The molecule has 1 aromatic heterocycles. The quantitative estimate of drug-likeness (QED) is 0.105. The van der Waals surface area contributed by atoms with E-state index < -0.39 is 0 Å². The van der Waals surface area contributed by atoms with Crippen molar-refractivity contribution in [3.63, 3.8) is 0 Å². The molecule has 1 aliphatic heterocycles. The highest BCUT2D eigenvalue weighted by Gasteiger charge is 2.21. The van der Waals surface area contributed by atoms with Crippen LogP contribution in [0, 0.1) is 32.1 Å². The fraction of sp³-hybridized carbons (Fsp3) is 0.415. The fourth-order valence-electron chi connectivity index (χ4n) is 6.60. The molecule has 0 saturated carbocycles. The summed E-state index contributed by atoms with van der Waals surface area (Å²) in [6.07, 6.45) is 4.69. The van der Waals surface area contributed by atoms with Crippen molar-refractivity contribution in [3.05, 3.63) is 105 Å². The Balaban J connectivity index is 1.34. The summed E-state index contributed by atoms with van der Waals surface area (Å²) >= 11 is 6.96. The molecular formula is C41H49ClN4O6. The van der Waals surface area contributed by atoms with E-state index in [0.29, 0.717) is 48.3 Å². The monoisotopic (exact) mass is 728 g/mol. The van der Waals surface area contributed by atoms with E-state index in [1.165, 1.54) is 6.20 Å². The Kier molecular flexibility index (Phi) is 14.3. The minimum Gasteiger partial charge on any atom is -0.493 e. The Hall–Kier alpha value is -4.21. The summed E-state index contributed by atoms with van der Waals surface area (Å²) in [5.74, 6) is 1.88. The molecule has 5 rings (SSSR count). The summed E-state index contributed by atoms with van der Waals surface area (Å²) in [6, 6.07) is 18.0. The minimum atomic E-state index is -0.210. The third-order valence-corrected chi connectivity index (χ3v) is 10.1. The minimum absolute atomic E-state index is 0.0582. The molecule has 4 aromatic rings. The maximum Gasteiger partial charge on any atom is 0.142 e. The van der Waals surface area contributed by atoms with Crippen molar-refractivity contribution < 1.29 is 29.5 Å². The lowest BCUT2D eigenvalue weighted by Gasteiger charge is -2.25. The summed E-state index contributed by atoms with van der Waals surface area (Å²) in [5.41, 5.74) is 8.13. The summed E-state index contributed by atoms with van der Waals surface area (Å²) in [5, 5.41) is 38.9. The van der Waals surface area contributed by atoms with E-state index in [4.69, 9.17) is 25.8 Å². The third-order valence-electron chi connectivity index (χ3n) is 9.62. The van der Waals surface area contributed by atoms with Crippen molar-refractivity contribution in [1.29, 1.82) is 5.26 Å². The maximum atomic E-state index is 9.80. The van der Waals surface area contributed by atoms with Gasteiger partial charge in [-0.3, -0.25) is 9.88 Å². The second kappa shape index (κ2) is 19.0. The summed E-state index contributed by atoms with van der Waals surface area (Å²) in [6.45, 7) is 10.8. The number of rotatable bonds is 18. The molecule has 1 saturated heterocycles. The van der Waals surface area contributed by atoms with Crippen LogP contribution in [-0.2, 0) is 19.8 Å². The number of benzene rings is 3. The van der Waals surface area contributed by atoms with Gasteiger partial charge in [0.15, 0.2) is 0 Å². The number of nitriles is 1. The van der Waals surface area contributed by atoms with Gasteiger partial charge in [-0.15, -0.1) is 0 Å². The Labute approximate surface area is 311 Å². The van der Waals surface area contributed by atoms with Crippen LogP contribution in [0.25, 0.3) is 11.1 Å². The summed E-state index contributed by atoms with van der Waals surface area (Å²) < 4.78 is 19.0. The third kappa shape index (κ3) is 10.0. The molecule has 0 bridgehead atoms. The number of hydrogen-bond donors (Lipinski definition) is 3. The van der Waals surface area contributed by atoms with E-state index in [1.54, 1.807) is 18.3 Å². The lowest BCUT2D eigenvalue weighted by atomic mass is 9.93. The van der Waals surface area contributed by atoms with E-state index in [2.05, 4.69) is 41.9 Å². The highest BCUT2D eigenvalue weighted by Crippen LogP contribution is 2.39. The van der Waals surface area contributed by atoms with Gasteiger partial charge in [0.1, 0.15) is 36.5 Å². The Morgan fingerprint density at radius 1 is 0.904 bits per heavy atom. The smallest absolute Gasteiger partial charge is 0.142 e. The summed E-state index contributed by atoms with van der Waals surface area (Å²) in [7, 11) is 0. The van der Waals surface area contributed by atoms with E-state index in [1.807, 2.05) is 36.1 Å². The average molecular weight is 729 g/mol. The number of ether oxygens (including phenoxy) is 3. The normalized spacial score (nSPS) is 14.5. The molecule has 1 unspecified atom stereocenters. The predicted molar refractivity (Wildman–Crippen MR) is 202 cm³/mol. The van der Waals surface area contributed by atoms with Crippen LogP contribution >= 0.6 is 11.6 Å². The number of pyridine rings is 1. The Bertz CT molecular complexity index is 1840. The number of aliphatic hydroxyl groups excluding tert-OH is 3. The van der Waals surface area contributed by atoms with Gasteiger partial charge in [0.2, 0.25) is 0 Å². The molecule has 0 spiro atoms. The zero-order chi connectivity index (χ0) is 37.0. The lowest BCUT2D eigenvalue weighted by Crippen LogP contribution is -2.30. The molecule has 11 heteroatoms. The molecule has 1 aliphatic rings. The Morgan fingerprint density at radius 3 is 2.35 bits per heavy atom. The first-order chi connectivity index (χ1) is 25.2. The van der Waals surface area contributed by atoms with Gasteiger partial charge in [-0.2, -0.15) is 5.26 Å². The fourth-order valence-corrected chi connectivity index (χ4v) is 6.83. The first-order valence-electron chi connectivity index (χ1n) is 17.8. The van der Waals surface area contributed by atoms with E-state index in [0.717, 1.165) is 82.7 Å². The van der Waals surface area contributed by atoms with Crippen LogP contribution < -0.4 is 14.2 Å². The molecule has 2 heterocycles. The van der Waals surface area contributed by atoms with Crippen molar-refractivity contribution >= 4 is 11.6 Å². The van der Waals surface area contributed by atoms with E-state index >= 15 is 0 Å². The van der Waals surface area contributed by atoms with Crippen LogP contribution in [0.4, 0.5) is 0 Å². The second-order valence-corrected chi connectivity index (χ2v) is 13.6. The Morgan fingerprint density at radius 2 is 1.63 bits per heavy atom. The van der Waals surface area contributed by atoms with Crippen molar-refractivity contribution in [2.75, 3.05) is 52.5 Å². The standard InChI is InChI=1S/C41H49ClN4O6/c1-28-33(7-4-8-35(28)36-9-5-10-38(29(36)2)50-18-6-12-45-13-11-34(49)24-45)27-52-40-20-39(51-26-32-19-31(21-43)22-44-23-32)37(30(3)41(40)42)25-46(14-16-47)15-17-48/h4-5,7-10,19-20,22-23,34,47-49H,6,11-18,24-27H2,1-3H3. The van der Waals surface area contributed by atoms with Crippen LogP contribution in [0.1, 0.15) is 51.8 Å². The lowest BCUT2D eigenvalue weighted by molar-refractivity contribution is 0.154. The molecule has 3 N–H and O–H groups in total. The molecule has 0 radical (unpaired) electrons. The first-order valence-corrected chi connectivity index (χ1v) is 18.2. The molecule has 1 atom stereocenters. The van der Waals surface area contributed by atoms with Crippen LogP contribution in [0.5, 0.6) is 17.2 Å². The van der Waals surface area contributed by atoms with Crippen molar-refractivity contribution in [2.24, 2.45) is 0 Å². The summed E-state index contributed by atoms with van der Waals surface area (Å²) in [4.78, 5) is 8.37. The number of aromatic nitrogens is 1. The van der Waals surface area contributed by atoms with Crippen molar-refractivity contribution in [3.8, 4) is 34.4 Å². The number of hydrogen-bond acceptors (Lipinski definition) is 10. The second-order valence-electron chi connectivity index (χ2n) is 13.2. The largest absolute Gasteiger partial charge is 0.493 e. The molecule has 276 valence electrons. The number of nitrogens with zero attached hydrogens (tertiary/aromatic N) is 4. The molecule has 0 amide bonds. The van der Waals surface area contributed by atoms with Gasteiger partial charge in [0.25, 0.3) is 0 Å². The average Bonchev–Trinajstić information content (AvgIpc) is 3.57. The van der Waals surface area contributed by atoms with Gasteiger partial charge < -0.3 is 34.4 Å². The van der Waals surface area contributed by atoms with Crippen molar-refractivity contribution in [1.82, 2.24) is 14.8 Å². The zero-order valence-corrected chi connectivity index (χ0v) is 31.0. The molecule has 0 aliphatic carbocycles. The van der Waals surface area contributed by atoms with Gasteiger partial charge in [0.05, 0.1) is 36.5 Å². The van der Waals surface area contributed by atoms with Crippen LogP contribution in [0.3, 0.4) is 0 Å². The molecule has 3 aromatic carbocycles. The topological polar surface area (TPSA) is 132 Å². The van der Waals surface area contributed by atoms with Gasteiger partial charge >= 0.3 is 0 Å². The molecule has 52 heavy (non-hydrogen) atoms. The zero-order valence-electron chi connectivity index (χ0n) is 30.3. The number of halogens is 1.